The fourth-order valence-electron chi connectivity index (χ4n) is 2.24. The van der Waals surface area contributed by atoms with Crippen LogP contribution >= 0.6 is 11.8 Å². The zero-order valence-electron chi connectivity index (χ0n) is 11.3. The number of para-hydroxylation sites is 1. The lowest BCUT2D eigenvalue weighted by Gasteiger charge is -2.01. The lowest BCUT2D eigenvalue weighted by Crippen LogP contribution is -1.90. The normalized spacial score (nSPS) is 11.1. The molecule has 0 bridgehead atoms. The van der Waals surface area contributed by atoms with Gasteiger partial charge in [0.05, 0.1) is 17.8 Å². The maximum atomic E-state index is 9.04. The van der Waals surface area contributed by atoms with Gasteiger partial charge in [0.25, 0.3) is 0 Å². The number of aromatic nitrogens is 2. The van der Waals surface area contributed by atoms with Gasteiger partial charge in [0.2, 0.25) is 0 Å². The molecule has 3 nitrogen and oxygen atoms in total. The first-order valence-corrected chi connectivity index (χ1v) is 7.49. The summed E-state index contributed by atoms with van der Waals surface area (Å²) in [7, 11) is 1.98. The Kier molecular flexibility index (Phi) is 3.76. The predicted molar refractivity (Wildman–Crippen MR) is 82.6 cm³/mol. The van der Waals surface area contributed by atoms with E-state index in [1.54, 1.807) is 11.8 Å². The van der Waals surface area contributed by atoms with Crippen LogP contribution in [0.15, 0.2) is 53.4 Å². The van der Waals surface area contributed by atoms with Crippen LogP contribution in [0.4, 0.5) is 0 Å². The van der Waals surface area contributed by atoms with Crippen molar-refractivity contribution in [2.45, 2.75) is 17.3 Å². The minimum absolute atomic E-state index is 0.0931. The fraction of sp³-hybridized carbons (Fsp3) is 0.188. The van der Waals surface area contributed by atoms with Gasteiger partial charge in [-0.15, -0.1) is 11.8 Å². The standard InChI is InChI=1S/C16H16N2OS/c1-18-16-5-3-2-4-14(16)15(17-18)11-20-13-8-6-12(10-19)7-9-13/h2-9,19H,10-11H2,1H3. The number of aliphatic hydroxyl groups is 1. The number of aryl methyl sites for hydroxylation is 1. The molecular formula is C16H16N2OS. The van der Waals surface area contributed by atoms with Crippen molar-refractivity contribution in [3.8, 4) is 0 Å². The molecule has 0 amide bonds. The highest BCUT2D eigenvalue weighted by Crippen LogP contribution is 2.26. The Hall–Kier alpha value is -1.78. The number of benzene rings is 2. The lowest BCUT2D eigenvalue weighted by atomic mass is 10.2. The van der Waals surface area contributed by atoms with E-state index in [1.807, 2.05) is 48.1 Å². The van der Waals surface area contributed by atoms with Gasteiger partial charge < -0.3 is 5.11 Å². The van der Waals surface area contributed by atoms with Crippen LogP contribution in [0.2, 0.25) is 0 Å². The second-order valence-corrected chi connectivity index (χ2v) is 5.73. The number of nitrogens with zero attached hydrogens (tertiary/aromatic N) is 2. The zero-order chi connectivity index (χ0) is 13.9. The summed E-state index contributed by atoms with van der Waals surface area (Å²) in [6.45, 7) is 0.0931. The van der Waals surface area contributed by atoms with Gasteiger partial charge in [-0.25, -0.2) is 0 Å². The minimum Gasteiger partial charge on any atom is -0.392 e. The summed E-state index contributed by atoms with van der Waals surface area (Å²) < 4.78 is 1.93. The van der Waals surface area contributed by atoms with Crippen LogP contribution < -0.4 is 0 Å². The molecule has 3 aromatic rings. The number of rotatable bonds is 4. The number of fused-ring (bicyclic) bond motifs is 1. The first-order valence-electron chi connectivity index (χ1n) is 6.51. The van der Waals surface area contributed by atoms with Crippen LogP contribution in [-0.2, 0) is 19.4 Å². The number of aliphatic hydroxyl groups excluding tert-OH is 1. The molecule has 0 spiro atoms. The van der Waals surface area contributed by atoms with E-state index >= 15 is 0 Å². The second kappa shape index (κ2) is 5.69. The van der Waals surface area contributed by atoms with E-state index in [4.69, 9.17) is 5.11 Å². The molecule has 1 aromatic heterocycles. The van der Waals surface area contributed by atoms with Crippen molar-refractivity contribution in [1.82, 2.24) is 9.78 Å². The summed E-state index contributed by atoms with van der Waals surface area (Å²) in [5.74, 6) is 0.847. The average Bonchev–Trinajstić information content (AvgIpc) is 2.83. The quantitative estimate of drug-likeness (QED) is 0.747. The van der Waals surface area contributed by atoms with E-state index in [1.165, 1.54) is 15.8 Å². The predicted octanol–water partition coefficient (Wildman–Crippen LogP) is 3.36. The molecule has 0 aliphatic carbocycles. The SMILES string of the molecule is Cn1nc(CSc2ccc(CO)cc2)c2ccccc21. The van der Waals surface area contributed by atoms with Crippen LogP contribution in [-0.4, -0.2) is 14.9 Å². The molecule has 0 saturated heterocycles. The molecule has 0 fully saturated rings. The Bertz CT molecular complexity index is 719. The van der Waals surface area contributed by atoms with E-state index in [0.29, 0.717) is 0 Å². The molecule has 0 atom stereocenters. The van der Waals surface area contributed by atoms with Crippen LogP contribution in [0.5, 0.6) is 0 Å². The zero-order valence-corrected chi connectivity index (χ0v) is 12.1. The second-order valence-electron chi connectivity index (χ2n) is 4.68. The first-order chi connectivity index (χ1) is 9.78. The summed E-state index contributed by atoms with van der Waals surface area (Å²) >= 11 is 1.76. The molecule has 3 rings (SSSR count). The average molecular weight is 284 g/mol. The number of hydrogen-bond acceptors (Lipinski definition) is 3. The van der Waals surface area contributed by atoms with E-state index in [0.717, 1.165) is 17.0 Å². The van der Waals surface area contributed by atoms with E-state index < -0.39 is 0 Å². The van der Waals surface area contributed by atoms with Crippen LogP contribution in [0, 0.1) is 0 Å². The minimum atomic E-state index is 0.0931. The van der Waals surface area contributed by atoms with Gasteiger partial charge in [-0.1, -0.05) is 30.3 Å². The van der Waals surface area contributed by atoms with Crippen LogP contribution in [0.25, 0.3) is 10.9 Å². The molecule has 1 N–H and O–H groups in total. The smallest absolute Gasteiger partial charge is 0.0805 e. The number of thioether (sulfide) groups is 1. The van der Waals surface area contributed by atoms with Crippen molar-refractivity contribution in [1.29, 1.82) is 0 Å². The van der Waals surface area contributed by atoms with Gasteiger partial charge in [0.1, 0.15) is 0 Å². The molecule has 0 saturated carbocycles. The summed E-state index contributed by atoms with van der Waals surface area (Å²) in [5, 5.41) is 14.8. The highest BCUT2D eigenvalue weighted by molar-refractivity contribution is 7.98. The van der Waals surface area contributed by atoms with Crippen molar-refractivity contribution < 1.29 is 5.11 Å². The van der Waals surface area contributed by atoms with Crippen LogP contribution in [0.3, 0.4) is 0 Å². The Balaban J connectivity index is 1.79. The molecule has 0 radical (unpaired) electrons. The first kappa shape index (κ1) is 13.2. The van der Waals surface area contributed by atoms with Gasteiger partial charge in [-0.3, -0.25) is 4.68 Å². The van der Waals surface area contributed by atoms with E-state index in [9.17, 15) is 0 Å². The summed E-state index contributed by atoms with van der Waals surface area (Å²) in [5.41, 5.74) is 3.22. The molecule has 2 aromatic carbocycles. The largest absolute Gasteiger partial charge is 0.392 e. The van der Waals surface area contributed by atoms with Crippen molar-refractivity contribution in [2.24, 2.45) is 7.05 Å². The maximum Gasteiger partial charge on any atom is 0.0805 e. The van der Waals surface area contributed by atoms with Crippen LogP contribution in [0.1, 0.15) is 11.3 Å². The summed E-state index contributed by atoms with van der Waals surface area (Å²) in [6, 6.07) is 16.3. The van der Waals surface area contributed by atoms with Crippen molar-refractivity contribution in [2.75, 3.05) is 0 Å². The molecule has 0 unspecified atom stereocenters. The fourth-order valence-corrected chi connectivity index (χ4v) is 3.08. The molecule has 1 heterocycles. The molecular weight excluding hydrogens is 268 g/mol. The summed E-state index contributed by atoms with van der Waals surface area (Å²) in [6.07, 6.45) is 0. The monoisotopic (exact) mass is 284 g/mol. The third-order valence-electron chi connectivity index (χ3n) is 3.32. The van der Waals surface area contributed by atoms with Crippen molar-refractivity contribution in [3.05, 3.63) is 59.8 Å². The summed E-state index contributed by atoms with van der Waals surface area (Å²) in [4.78, 5) is 1.19. The van der Waals surface area contributed by atoms with Gasteiger partial charge in [-0.05, 0) is 23.8 Å². The van der Waals surface area contributed by atoms with Crippen molar-refractivity contribution >= 4 is 22.7 Å². The molecule has 102 valence electrons. The maximum absolute atomic E-state index is 9.04. The molecule has 20 heavy (non-hydrogen) atoms. The third-order valence-corrected chi connectivity index (χ3v) is 4.34. The third kappa shape index (κ3) is 2.57. The lowest BCUT2D eigenvalue weighted by molar-refractivity contribution is 0.282. The van der Waals surface area contributed by atoms with Gasteiger partial charge in [-0.2, -0.15) is 5.10 Å². The Morgan fingerprint density at radius 3 is 2.60 bits per heavy atom. The Morgan fingerprint density at radius 1 is 1.10 bits per heavy atom. The molecule has 0 aliphatic rings. The number of hydrogen-bond donors (Lipinski definition) is 1. The van der Waals surface area contributed by atoms with Gasteiger partial charge in [0.15, 0.2) is 0 Å². The topological polar surface area (TPSA) is 38.0 Å². The van der Waals surface area contributed by atoms with Gasteiger partial charge >= 0.3 is 0 Å². The van der Waals surface area contributed by atoms with E-state index in [2.05, 4.69) is 17.2 Å². The highest BCUT2D eigenvalue weighted by atomic mass is 32.2. The van der Waals surface area contributed by atoms with Crippen molar-refractivity contribution in [3.63, 3.8) is 0 Å². The Morgan fingerprint density at radius 2 is 1.85 bits per heavy atom. The Labute approximate surface area is 122 Å². The highest BCUT2D eigenvalue weighted by Gasteiger charge is 2.08. The van der Waals surface area contributed by atoms with Gasteiger partial charge in [0, 0.05) is 23.1 Å². The molecule has 0 aliphatic heterocycles. The van der Waals surface area contributed by atoms with E-state index in [-0.39, 0.29) is 6.61 Å². The molecule has 4 heteroatoms.